The fourth-order valence-electron chi connectivity index (χ4n) is 2.95. The van der Waals surface area contributed by atoms with Gasteiger partial charge in [-0.15, -0.1) is 0 Å². The summed E-state index contributed by atoms with van der Waals surface area (Å²) in [6.45, 7) is 1.54. The van der Waals surface area contributed by atoms with Crippen LogP contribution in [0.5, 0.6) is 0 Å². The lowest BCUT2D eigenvalue weighted by Gasteiger charge is -2.13. The third-order valence-corrected chi connectivity index (χ3v) is 5.41. The molecule has 0 aliphatic rings. The second-order valence-electron chi connectivity index (χ2n) is 6.28. The minimum Gasteiger partial charge on any atom is -0.324 e. The fraction of sp³-hybridized carbons (Fsp3) is 0.211. The summed E-state index contributed by atoms with van der Waals surface area (Å²) in [6, 6.07) is 12.4. The predicted octanol–water partition coefficient (Wildman–Crippen LogP) is 1.23. The second kappa shape index (κ2) is 7.43. The van der Waals surface area contributed by atoms with E-state index in [1.807, 2.05) is 0 Å². The molecule has 0 fully saturated rings. The number of sulfone groups is 1. The van der Waals surface area contributed by atoms with Crippen LogP contribution in [0.3, 0.4) is 0 Å². The number of aromatic nitrogens is 2. The van der Waals surface area contributed by atoms with Crippen molar-refractivity contribution in [2.24, 2.45) is 0 Å². The Labute approximate surface area is 161 Å². The number of anilines is 1. The maximum atomic E-state index is 12.7. The van der Waals surface area contributed by atoms with Crippen molar-refractivity contribution >= 4 is 32.3 Å². The minimum atomic E-state index is -3.41. The number of nitrogens with zero attached hydrogens (tertiary/aromatic N) is 2. The van der Waals surface area contributed by atoms with Crippen LogP contribution in [-0.4, -0.2) is 29.7 Å². The van der Waals surface area contributed by atoms with Crippen molar-refractivity contribution < 1.29 is 13.2 Å². The lowest BCUT2D eigenvalue weighted by atomic mass is 10.2. The van der Waals surface area contributed by atoms with Gasteiger partial charge in [-0.2, -0.15) is 0 Å². The average Bonchev–Trinajstić information content (AvgIpc) is 2.65. The molecule has 0 saturated heterocycles. The van der Waals surface area contributed by atoms with E-state index in [4.69, 9.17) is 0 Å². The van der Waals surface area contributed by atoms with Crippen LogP contribution in [-0.2, 0) is 27.7 Å². The molecule has 0 saturated carbocycles. The van der Waals surface area contributed by atoms with Gasteiger partial charge in [0.05, 0.1) is 15.8 Å². The highest BCUT2D eigenvalue weighted by molar-refractivity contribution is 7.90. The normalized spacial score (nSPS) is 11.5. The molecule has 1 aromatic heterocycles. The third kappa shape index (κ3) is 3.74. The Morgan fingerprint density at radius 1 is 1.04 bits per heavy atom. The van der Waals surface area contributed by atoms with Crippen molar-refractivity contribution in [2.45, 2.75) is 24.9 Å². The quantitative estimate of drug-likeness (QED) is 0.692. The maximum Gasteiger partial charge on any atom is 0.331 e. The lowest BCUT2D eigenvalue weighted by molar-refractivity contribution is -0.116. The Morgan fingerprint density at radius 2 is 1.75 bits per heavy atom. The van der Waals surface area contributed by atoms with Crippen molar-refractivity contribution in [1.82, 2.24) is 9.13 Å². The van der Waals surface area contributed by atoms with E-state index >= 15 is 0 Å². The molecule has 0 aliphatic carbocycles. The SMILES string of the molecule is CCn1c(=O)c2ccccc2n(CC(=O)Nc2cccc(S(C)(=O)=O)c2)c1=O. The molecule has 0 radical (unpaired) electrons. The number of carbonyl (C=O) groups is 1. The summed E-state index contributed by atoms with van der Waals surface area (Å²) in [5, 5.41) is 2.94. The number of rotatable bonds is 5. The van der Waals surface area contributed by atoms with Gasteiger partial charge >= 0.3 is 5.69 Å². The summed E-state index contributed by atoms with van der Waals surface area (Å²) in [6.07, 6.45) is 1.08. The molecule has 1 N–H and O–H groups in total. The first kappa shape index (κ1) is 19.6. The van der Waals surface area contributed by atoms with Gasteiger partial charge in [-0.25, -0.2) is 13.2 Å². The molecule has 2 aromatic carbocycles. The molecule has 0 spiro atoms. The molecule has 146 valence electrons. The second-order valence-corrected chi connectivity index (χ2v) is 8.30. The monoisotopic (exact) mass is 401 g/mol. The molecule has 0 aliphatic heterocycles. The number of para-hydroxylation sites is 1. The van der Waals surface area contributed by atoms with Gasteiger partial charge in [0.25, 0.3) is 5.56 Å². The standard InChI is InChI=1S/C19H19N3O5S/c1-3-21-18(24)15-9-4-5-10-16(15)22(19(21)25)12-17(23)20-13-7-6-8-14(11-13)28(2,26)27/h4-11H,3,12H2,1-2H3,(H,20,23). The van der Waals surface area contributed by atoms with Crippen molar-refractivity contribution in [3.63, 3.8) is 0 Å². The van der Waals surface area contributed by atoms with Crippen molar-refractivity contribution in [3.8, 4) is 0 Å². The van der Waals surface area contributed by atoms with Crippen LogP contribution in [0, 0.1) is 0 Å². The summed E-state index contributed by atoms with van der Waals surface area (Å²) in [7, 11) is -3.41. The molecular formula is C19H19N3O5S. The number of amides is 1. The minimum absolute atomic E-state index is 0.0763. The summed E-state index contributed by atoms with van der Waals surface area (Å²) < 4.78 is 25.6. The average molecular weight is 401 g/mol. The Kier molecular flexibility index (Phi) is 5.19. The summed E-state index contributed by atoms with van der Waals surface area (Å²) >= 11 is 0. The van der Waals surface area contributed by atoms with E-state index in [2.05, 4.69) is 5.32 Å². The first-order chi connectivity index (χ1) is 13.2. The molecule has 1 amide bonds. The van der Waals surface area contributed by atoms with Gasteiger partial charge in [0.2, 0.25) is 5.91 Å². The fourth-order valence-corrected chi connectivity index (χ4v) is 3.62. The van der Waals surface area contributed by atoms with E-state index in [1.165, 1.54) is 22.8 Å². The van der Waals surface area contributed by atoms with Gasteiger partial charge < -0.3 is 5.32 Å². The zero-order valence-electron chi connectivity index (χ0n) is 15.4. The number of hydrogen-bond acceptors (Lipinski definition) is 5. The molecule has 28 heavy (non-hydrogen) atoms. The van der Waals surface area contributed by atoms with E-state index in [0.717, 1.165) is 10.8 Å². The van der Waals surface area contributed by atoms with E-state index in [-0.39, 0.29) is 18.0 Å². The zero-order valence-corrected chi connectivity index (χ0v) is 16.2. The highest BCUT2D eigenvalue weighted by Gasteiger charge is 2.15. The largest absolute Gasteiger partial charge is 0.331 e. The Hall–Kier alpha value is -3.20. The Bertz CT molecular complexity index is 1290. The van der Waals surface area contributed by atoms with Gasteiger partial charge in [-0.3, -0.25) is 18.7 Å². The number of fused-ring (bicyclic) bond motifs is 1. The molecule has 8 nitrogen and oxygen atoms in total. The molecule has 1 heterocycles. The van der Waals surface area contributed by atoms with E-state index in [0.29, 0.717) is 16.6 Å². The van der Waals surface area contributed by atoms with Crippen LogP contribution in [0.2, 0.25) is 0 Å². The topological polar surface area (TPSA) is 107 Å². The van der Waals surface area contributed by atoms with Gasteiger partial charge in [0.1, 0.15) is 6.54 Å². The summed E-state index contributed by atoms with van der Waals surface area (Å²) in [5.74, 6) is -0.515. The lowest BCUT2D eigenvalue weighted by Crippen LogP contribution is -2.41. The van der Waals surface area contributed by atoms with E-state index in [1.54, 1.807) is 37.3 Å². The molecule has 0 atom stereocenters. The van der Waals surface area contributed by atoms with Gasteiger partial charge in [-0.1, -0.05) is 18.2 Å². The molecule has 3 rings (SSSR count). The predicted molar refractivity (Wildman–Crippen MR) is 106 cm³/mol. The number of benzene rings is 2. The zero-order chi connectivity index (χ0) is 20.5. The van der Waals surface area contributed by atoms with Crippen LogP contribution in [0.25, 0.3) is 10.9 Å². The number of nitrogens with one attached hydrogen (secondary N) is 1. The van der Waals surface area contributed by atoms with Crippen molar-refractivity contribution in [1.29, 1.82) is 0 Å². The molecular weight excluding hydrogens is 382 g/mol. The highest BCUT2D eigenvalue weighted by atomic mass is 32.2. The van der Waals surface area contributed by atoms with Crippen molar-refractivity contribution in [3.05, 3.63) is 69.4 Å². The summed E-state index contributed by atoms with van der Waals surface area (Å²) in [4.78, 5) is 37.7. The number of carbonyl (C=O) groups excluding carboxylic acids is 1. The van der Waals surface area contributed by atoms with Gasteiger partial charge in [0.15, 0.2) is 9.84 Å². The van der Waals surface area contributed by atoms with Crippen molar-refractivity contribution in [2.75, 3.05) is 11.6 Å². The van der Waals surface area contributed by atoms with Gasteiger partial charge in [0, 0.05) is 18.5 Å². The van der Waals surface area contributed by atoms with Crippen LogP contribution < -0.4 is 16.6 Å². The van der Waals surface area contributed by atoms with Gasteiger partial charge in [-0.05, 0) is 37.3 Å². The number of hydrogen-bond donors (Lipinski definition) is 1. The van der Waals surface area contributed by atoms with Crippen LogP contribution in [0.15, 0.2) is 63.0 Å². The van der Waals surface area contributed by atoms with Crippen LogP contribution >= 0.6 is 0 Å². The Morgan fingerprint density at radius 3 is 2.43 bits per heavy atom. The first-order valence-corrected chi connectivity index (χ1v) is 10.4. The highest BCUT2D eigenvalue weighted by Crippen LogP contribution is 2.15. The summed E-state index contributed by atoms with van der Waals surface area (Å²) in [5.41, 5.74) is -0.317. The first-order valence-electron chi connectivity index (χ1n) is 8.54. The Balaban J connectivity index is 1.99. The van der Waals surface area contributed by atoms with Crippen LogP contribution in [0.4, 0.5) is 5.69 Å². The van der Waals surface area contributed by atoms with E-state index in [9.17, 15) is 22.8 Å². The molecule has 0 unspecified atom stereocenters. The maximum absolute atomic E-state index is 12.7. The third-order valence-electron chi connectivity index (χ3n) is 4.30. The molecule has 3 aromatic rings. The smallest absolute Gasteiger partial charge is 0.324 e. The van der Waals surface area contributed by atoms with Crippen LogP contribution in [0.1, 0.15) is 6.92 Å². The molecule has 9 heteroatoms. The van der Waals surface area contributed by atoms with E-state index < -0.39 is 27.0 Å². The molecule has 0 bridgehead atoms.